The Bertz CT molecular complexity index is 1220. The molecule has 30 heavy (non-hydrogen) atoms. The van der Waals surface area contributed by atoms with Gasteiger partial charge in [-0.3, -0.25) is 14.4 Å². The number of anilines is 1. The Morgan fingerprint density at radius 2 is 2.00 bits per heavy atom. The maximum absolute atomic E-state index is 12.2. The van der Waals surface area contributed by atoms with Crippen molar-refractivity contribution in [3.05, 3.63) is 68.5 Å². The van der Waals surface area contributed by atoms with Gasteiger partial charge in [-0.05, 0) is 49.3 Å². The van der Waals surface area contributed by atoms with Crippen LogP contribution in [0.1, 0.15) is 28.8 Å². The van der Waals surface area contributed by atoms with Gasteiger partial charge in [-0.25, -0.2) is 0 Å². The van der Waals surface area contributed by atoms with Gasteiger partial charge in [0.05, 0.1) is 10.6 Å². The van der Waals surface area contributed by atoms with Gasteiger partial charge in [0.25, 0.3) is 0 Å². The molecule has 4 rings (SSSR count). The predicted octanol–water partition coefficient (Wildman–Crippen LogP) is 5.97. The van der Waals surface area contributed by atoms with E-state index < -0.39 is 0 Å². The summed E-state index contributed by atoms with van der Waals surface area (Å²) in [5, 5.41) is 13.6. The molecule has 0 unspecified atom stereocenters. The highest BCUT2D eigenvalue weighted by molar-refractivity contribution is 7.73. The highest BCUT2D eigenvalue weighted by Gasteiger charge is 2.15. The summed E-state index contributed by atoms with van der Waals surface area (Å²) in [6.07, 6.45) is 4.64. The summed E-state index contributed by atoms with van der Waals surface area (Å²) in [7, 11) is 0. The molecule has 0 radical (unpaired) electrons. The van der Waals surface area contributed by atoms with Crippen LogP contribution in [-0.4, -0.2) is 21.8 Å². The maximum Gasteiger partial charge on any atom is 0.224 e. The van der Waals surface area contributed by atoms with Crippen LogP contribution in [0, 0.1) is 10.9 Å². The maximum atomic E-state index is 12.2. The van der Waals surface area contributed by atoms with E-state index >= 15 is 0 Å². The van der Waals surface area contributed by atoms with Gasteiger partial charge in [0.1, 0.15) is 0 Å². The number of aryl methyl sites for hydroxylation is 1. The number of para-hydroxylation sites is 2. The van der Waals surface area contributed by atoms with Crippen LogP contribution in [0.5, 0.6) is 5.88 Å². The van der Waals surface area contributed by atoms with Gasteiger partial charge in [-0.2, -0.15) is 0 Å². The summed E-state index contributed by atoms with van der Waals surface area (Å²) in [5.41, 5.74) is 4.76. The molecule has 0 fully saturated rings. The molecule has 1 aromatic heterocycles. The van der Waals surface area contributed by atoms with E-state index in [-0.39, 0.29) is 11.8 Å². The number of rotatable bonds is 6. The quantitative estimate of drug-likeness (QED) is 0.469. The molecule has 2 heterocycles. The van der Waals surface area contributed by atoms with Gasteiger partial charge < -0.3 is 10.4 Å². The summed E-state index contributed by atoms with van der Waals surface area (Å²) in [5.74, 6) is 0.0845. The van der Waals surface area contributed by atoms with Crippen LogP contribution >= 0.6 is 23.6 Å². The Morgan fingerprint density at radius 1 is 1.23 bits per heavy atom. The SMILES string of the molecule is Cc1ccccc1NC(=O)CCCn1c(O)c(/C=C2\C=Nc3ccccc32)sc1=S. The third-order valence-electron chi connectivity index (χ3n) is 4.94. The summed E-state index contributed by atoms with van der Waals surface area (Å²) in [4.78, 5) is 17.3. The average molecular weight is 436 g/mol. The van der Waals surface area contributed by atoms with Crippen LogP contribution in [0.4, 0.5) is 11.4 Å². The molecule has 5 nitrogen and oxygen atoms in total. The first-order valence-corrected chi connectivity index (χ1v) is 10.9. The Balaban J connectivity index is 1.42. The molecule has 0 saturated carbocycles. The van der Waals surface area contributed by atoms with Crippen molar-refractivity contribution in [2.45, 2.75) is 26.3 Å². The molecule has 1 aliphatic heterocycles. The van der Waals surface area contributed by atoms with Crippen LogP contribution < -0.4 is 5.32 Å². The number of hydrogen-bond donors (Lipinski definition) is 2. The van der Waals surface area contributed by atoms with Gasteiger partial charge in [-0.1, -0.05) is 36.4 Å². The second-order valence-corrected chi connectivity index (χ2v) is 8.72. The molecule has 2 N–H and O–H groups in total. The van der Waals surface area contributed by atoms with Gasteiger partial charge in [0, 0.05) is 36.0 Å². The molecule has 2 aromatic carbocycles. The number of hydrogen-bond acceptors (Lipinski definition) is 5. The second kappa shape index (κ2) is 8.77. The van der Waals surface area contributed by atoms with Crippen molar-refractivity contribution in [1.82, 2.24) is 4.57 Å². The number of nitrogens with zero attached hydrogens (tertiary/aromatic N) is 2. The van der Waals surface area contributed by atoms with Crippen molar-refractivity contribution in [2.75, 3.05) is 5.32 Å². The van der Waals surface area contributed by atoms with Crippen LogP contribution in [-0.2, 0) is 11.3 Å². The number of aromatic nitrogens is 1. The predicted molar refractivity (Wildman–Crippen MR) is 126 cm³/mol. The van der Waals surface area contributed by atoms with Crippen LogP contribution in [0.3, 0.4) is 0 Å². The molecule has 0 bridgehead atoms. The first-order chi connectivity index (χ1) is 14.5. The Morgan fingerprint density at radius 3 is 2.83 bits per heavy atom. The Kier molecular flexibility index (Phi) is 5.92. The largest absolute Gasteiger partial charge is 0.493 e. The van der Waals surface area contributed by atoms with Gasteiger partial charge in [0.2, 0.25) is 11.8 Å². The topological polar surface area (TPSA) is 66.6 Å². The Hall–Kier alpha value is -3.03. The van der Waals surface area contributed by atoms with E-state index in [4.69, 9.17) is 12.2 Å². The van der Waals surface area contributed by atoms with Crippen LogP contribution in [0.25, 0.3) is 11.6 Å². The third-order valence-corrected chi connectivity index (χ3v) is 6.33. The molecular formula is C23H21N3O2S2. The van der Waals surface area contributed by atoms with Crippen LogP contribution in [0.2, 0.25) is 0 Å². The number of fused-ring (bicyclic) bond motifs is 1. The number of aliphatic imine (C=N–C) groups is 1. The molecule has 0 atom stereocenters. The lowest BCUT2D eigenvalue weighted by molar-refractivity contribution is -0.116. The first-order valence-electron chi connectivity index (χ1n) is 9.66. The number of carbonyl (C=O) groups is 1. The third kappa shape index (κ3) is 4.27. The lowest BCUT2D eigenvalue weighted by atomic mass is 10.1. The normalized spacial score (nSPS) is 13.6. The average Bonchev–Trinajstić information content (AvgIpc) is 3.26. The summed E-state index contributed by atoms with van der Waals surface area (Å²) in [6, 6.07) is 15.6. The number of allylic oxidation sites excluding steroid dienone is 1. The highest BCUT2D eigenvalue weighted by Crippen LogP contribution is 2.35. The fourth-order valence-electron chi connectivity index (χ4n) is 3.32. The Labute approximate surface area is 184 Å². The smallest absolute Gasteiger partial charge is 0.224 e. The molecule has 7 heteroatoms. The van der Waals surface area contributed by atoms with E-state index in [1.54, 1.807) is 10.8 Å². The summed E-state index contributed by atoms with van der Waals surface area (Å²) < 4.78 is 2.27. The summed E-state index contributed by atoms with van der Waals surface area (Å²) >= 11 is 6.79. The van der Waals surface area contributed by atoms with Gasteiger partial charge in [0.15, 0.2) is 3.95 Å². The zero-order chi connectivity index (χ0) is 21.1. The van der Waals surface area contributed by atoms with Crippen LogP contribution in [0.15, 0.2) is 53.5 Å². The van der Waals surface area contributed by atoms with Crippen molar-refractivity contribution in [3.8, 4) is 5.88 Å². The van der Waals surface area contributed by atoms with E-state index in [0.717, 1.165) is 28.1 Å². The number of aromatic hydroxyl groups is 1. The molecular weight excluding hydrogens is 414 g/mol. The van der Waals surface area contributed by atoms with E-state index in [2.05, 4.69) is 10.3 Å². The van der Waals surface area contributed by atoms with Crippen molar-refractivity contribution in [3.63, 3.8) is 0 Å². The van der Waals surface area contributed by atoms with Crippen molar-refractivity contribution < 1.29 is 9.90 Å². The molecule has 152 valence electrons. The summed E-state index contributed by atoms with van der Waals surface area (Å²) in [6.45, 7) is 2.44. The molecule has 0 saturated heterocycles. The zero-order valence-electron chi connectivity index (χ0n) is 16.5. The molecule has 0 aliphatic carbocycles. The highest BCUT2D eigenvalue weighted by atomic mass is 32.1. The lowest BCUT2D eigenvalue weighted by Crippen LogP contribution is -2.13. The molecule has 1 amide bonds. The van der Waals surface area contributed by atoms with E-state index in [1.807, 2.05) is 61.5 Å². The standard InChI is InChI=1S/C23H21N3O2S2/c1-15-7-2-4-9-18(15)25-21(27)11-6-12-26-22(28)20(30-23(26)29)13-16-14-24-19-10-5-3-8-17(16)19/h2-5,7-10,13-14,28H,6,11-12H2,1H3,(H,25,27)/b16-13+. The minimum absolute atomic E-state index is 0.0494. The monoisotopic (exact) mass is 435 g/mol. The molecule has 0 spiro atoms. The lowest BCUT2D eigenvalue weighted by Gasteiger charge is -2.08. The number of benzene rings is 2. The van der Waals surface area contributed by atoms with Gasteiger partial charge >= 0.3 is 0 Å². The zero-order valence-corrected chi connectivity index (χ0v) is 18.1. The first kappa shape index (κ1) is 20.3. The number of thiazole rings is 1. The minimum Gasteiger partial charge on any atom is -0.493 e. The van der Waals surface area contributed by atoms with Crippen molar-refractivity contribution in [2.24, 2.45) is 4.99 Å². The minimum atomic E-state index is -0.0494. The van der Waals surface area contributed by atoms with E-state index in [0.29, 0.717) is 28.2 Å². The van der Waals surface area contributed by atoms with E-state index in [9.17, 15) is 9.90 Å². The van der Waals surface area contributed by atoms with Crippen molar-refractivity contribution >= 4 is 58.7 Å². The van der Waals surface area contributed by atoms with Crippen molar-refractivity contribution in [1.29, 1.82) is 0 Å². The number of nitrogens with one attached hydrogen (secondary N) is 1. The van der Waals surface area contributed by atoms with Gasteiger partial charge in [-0.15, -0.1) is 11.3 Å². The second-order valence-electron chi connectivity index (χ2n) is 7.05. The van der Waals surface area contributed by atoms with E-state index in [1.165, 1.54) is 11.3 Å². The fraction of sp³-hybridized carbons (Fsp3) is 0.174. The number of carbonyl (C=O) groups excluding carboxylic acids is 1. The molecule has 3 aromatic rings. The number of amides is 1. The molecule has 1 aliphatic rings. The fourth-order valence-corrected chi connectivity index (χ4v) is 4.63.